The summed E-state index contributed by atoms with van der Waals surface area (Å²) in [5.41, 5.74) is 0. The Hall–Kier alpha value is -1.58. The van der Waals surface area contributed by atoms with Crippen molar-refractivity contribution in [3.05, 3.63) is 30.9 Å². The molecule has 1 aromatic rings. The normalized spacial score (nSPS) is 10.3. The van der Waals surface area contributed by atoms with Gasteiger partial charge in [0, 0.05) is 18.4 Å². The second-order valence-electron chi connectivity index (χ2n) is 3.51. The van der Waals surface area contributed by atoms with Gasteiger partial charge in [-0.05, 0) is 20.3 Å². The van der Waals surface area contributed by atoms with Gasteiger partial charge in [-0.25, -0.2) is 4.98 Å². The molecule has 0 aliphatic heterocycles. The van der Waals surface area contributed by atoms with Crippen LogP contribution < -0.4 is 0 Å². The first kappa shape index (κ1) is 11.5. The summed E-state index contributed by atoms with van der Waals surface area (Å²) in [7, 11) is 0. The minimum absolute atomic E-state index is 0.121. The largest absolute Gasteiger partial charge is 0.475 e. The van der Waals surface area contributed by atoms with Crippen molar-refractivity contribution in [2.75, 3.05) is 6.61 Å². The van der Waals surface area contributed by atoms with Crippen LogP contribution in [0.3, 0.4) is 0 Å². The van der Waals surface area contributed by atoms with Crippen LogP contribution in [0.4, 0.5) is 0 Å². The van der Waals surface area contributed by atoms with Crippen LogP contribution >= 0.6 is 0 Å². The monoisotopic (exact) mass is 207 g/mol. The number of ether oxygens (including phenoxy) is 1. The molecule has 0 bridgehead atoms. The highest BCUT2D eigenvalue weighted by molar-refractivity contribution is 5.87. The van der Waals surface area contributed by atoms with Crippen molar-refractivity contribution in [2.24, 2.45) is 0 Å². The van der Waals surface area contributed by atoms with Crippen LogP contribution in [-0.2, 0) is 4.74 Å². The van der Waals surface area contributed by atoms with E-state index in [-0.39, 0.29) is 11.9 Å². The predicted octanol–water partition coefficient (Wildman–Crippen LogP) is 2.38. The van der Waals surface area contributed by atoms with Crippen molar-refractivity contribution in [3.8, 4) is 0 Å². The molecule has 15 heavy (non-hydrogen) atoms. The van der Waals surface area contributed by atoms with Gasteiger partial charge in [-0.2, -0.15) is 0 Å². The first-order valence-electron chi connectivity index (χ1n) is 5.02. The summed E-state index contributed by atoms with van der Waals surface area (Å²) in [4.78, 5) is 4.10. The van der Waals surface area contributed by atoms with Gasteiger partial charge in [-0.3, -0.25) is 5.41 Å². The highest BCUT2D eigenvalue weighted by Crippen LogP contribution is 2.08. The summed E-state index contributed by atoms with van der Waals surface area (Å²) in [6.07, 6.45) is 6.04. The molecular weight excluding hydrogens is 190 g/mol. The highest BCUT2D eigenvalue weighted by atomic mass is 16.5. The predicted molar refractivity (Wildman–Crippen MR) is 60.2 cm³/mol. The summed E-state index contributed by atoms with van der Waals surface area (Å²) in [6, 6.07) is 0.283. The molecule has 0 aromatic carbocycles. The van der Waals surface area contributed by atoms with Gasteiger partial charge in [0.25, 0.3) is 0 Å². The molecule has 0 atom stereocenters. The maximum atomic E-state index is 7.72. The Morgan fingerprint density at radius 1 is 1.73 bits per heavy atom. The molecule has 0 fully saturated rings. The molecule has 0 aliphatic carbocycles. The molecule has 1 heterocycles. The zero-order valence-corrected chi connectivity index (χ0v) is 9.23. The van der Waals surface area contributed by atoms with E-state index in [9.17, 15) is 0 Å². The molecule has 0 aliphatic rings. The van der Waals surface area contributed by atoms with Gasteiger partial charge >= 0.3 is 0 Å². The van der Waals surface area contributed by atoms with Crippen LogP contribution in [0.25, 0.3) is 0 Å². The molecular formula is C11H17N3O. The quantitative estimate of drug-likeness (QED) is 0.349. The summed E-state index contributed by atoms with van der Waals surface area (Å²) < 4.78 is 7.16. The Bertz CT molecular complexity index is 341. The molecule has 0 amide bonds. The molecule has 0 saturated heterocycles. The molecule has 4 nitrogen and oxygen atoms in total. The van der Waals surface area contributed by atoms with Crippen LogP contribution in [0.15, 0.2) is 25.0 Å². The van der Waals surface area contributed by atoms with Gasteiger partial charge < -0.3 is 9.30 Å². The summed E-state index contributed by atoms with van der Waals surface area (Å²) in [5.74, 6) is 0.699. The molecule has 1 aromatic heterocycles. The van der Waals surface area contributed by atoms with Gasteiger partial charge in [0.1, 0.15) is 0 Å². The first-order chi connectivity index (χ1) is 7.16. The fourth-order valence-corrected chi connectivity index (χ4v) is 1.21. The Balaban J connectivity index is 2.65. The maximum absolute atomic E-state index is 7.72. The van der Waals surface area contributed by atoms with E-state index in [1.54, 1.807) is 12.3 Å². The van der Waals surface area contributed by atoms with Crippen molar-refractivity contribution in [1.82, 2.24) is 9.55 Å². The smallest absolute Gasteiger partial charge is 0.250 e. The number of imidazole rings is 1. The average molecular weight is 207 g/mol. The second kappa shape index (κ2) is 5.34. The van der Waals surface area contributed by atoms with Gasteiger partial charge in [0.05, 0.1) is 6.61 Å². The zero-order chi connectivity index (χ0) is 11.3. The van der Waals surface area contributed by atoms with E-state index in [0.29, 0.717) is 12.4 Å². The molecule has 0 saturated carbocycles. The van der Waals surface area contributed by atoms with Gasteiger partial charge in [-0.15, -0.1) is 6.58 Å². The highest BCUT2D eigenvalue weighted by Gasteiger charge is 2.11. The summed E-state index contributed by atoms with van der Waals surface area (Å²) >= 11 is 0. The third-order valence-corrected chi connectivity index (χ3v) is 2.00. The van der Waals surface area contributed by atoms with Crippen LogP contribution in [-0.4, -0.2) is 22.1 Å². The molecule has 82 valence electrons. The molecule has 0 unspecified atom stereocenters. The lowest BCUT2D eigenvalue weighted by Crippen LogP contribution is -2.15. The van der Waals surface area contributed by atoms with Crippen LogP contribution in [0.5, 0.6) is 0 Å². The second-order valence-corrected chi connectivity index (χ2v) is 3.51. The number of aromatic nitrogens is 2. The SMILES string of the molecule is C=CCCOC(=N)c1nccn1C(C)C. The van der Waals surface area contributed by atoms with Crippen molar-refractivity contribution >= 4 is 5.90 Å². The first-order valence-corrected chi connectivity index (χ1v) is 5.02. The number of rotatable bonds is 5. The Labute approximate surface area is 90.1 Å². The zero-order valence-electron chi connectivity index (χ0n) is 9.23. The van der Waals surface area contributed by atoms with E-state index < -0.39 is 0 Å². The Morgan fingerprint density at radius 3 is 3.07 bits per heavy atom. The fraction of sp³-hybridized carbons (Fsp3) is 0.455. The molecule has 4 heteroatoms. The Morgan fingerprint density at radius 2 is 2.47 bits per heavy atom. The third kappa shape index (κ3) is 2.94. The lowest BCUT2D eigenvalue weighted by molar-refractivity contribution is 0.306. The van der Waals surface area contributed by atoms with Gasteiger partial charge in [0.15, 0.2) is 5.82 Å². The van der Waals surface area contributed by atoms with Crippen LogP contribution in [0, 0.1) is 5.41 Å². The average Bonchev–Trinajstić information content (AvgIpc) is 2.66. The number of nitrogens with zero attached hydrogens (tertiary/aromatic N) is 2. The number of hydrogen-bond donors (Lipinski definition) is 1. The van der Waals surface area contributed by atoms with E-state index in [1.807, 2.05) is 24.6 Å². The fourth-order valence-electron chi connectivity index (χ4n) is 1.21. The van der Waals surface area contributed by atoms with E-state index in [4.69, 9.17) is 10.1 Å². The number of hydrogen-bond acceptors (Lipinski definition) is 3. The summed E-state index contributed by atoms with van der Waals surface area (Å²) in [5, 5.41) is 7.72. The molecule has 1 N–H and O–H groups in total. The molecule has 0 radical (unpaired) electrons. The minimum atomic E-state index is 0.121. The lowest BCUT2D eigenvalue weighted by atomic mass is 10.4. The van der Waals surface area contributed by atoms with E-state index in [0.717, 1.165) is 6.42 Å². The molecule has 0 spiro atoms. The van der Waals surface area contributed by atoms with E-state index in [2.05, 4.69) is 11.6 Å². The van der Waals surface area contributed by atoms with Crippen molar-refractivity contribution < 1.29 is 4.74 Å². The van der Waals surface area contributed by atoms with Crippen LogP contribution in [0.1, 0.15) is 32.1 Å². The van der Waals surface area contributed by atoms with Gasteiger partial charge in [-0.1, -0.05) is 6.08 Å². The topological polar surface area (TPSA) is 50.9 Å². The summed E-state index contributed by atoms with van der Waals surface area (Å²) in [6.45, 7) is 8.16. The minimum Gasteiger partial charge on any atom is -0.475 e. The maximum Gasteiger partial charge on any atom is 0.250 e. The third-order valence-electron chi connectivity index (χ3n) is 2.00. The van der Waals surface area contributed by atoms with E-state index in [1.165, 1.54) is 0 Å². The van der Waals surface area contributed by atoms with Crippen molar-refractivity contribution in [2.45, 2.75) is 26.3 Å². The number of nitrogens with one attached hydrogen (secondary N) is 1. The Kier molecular flexibility index (Phi) is 4.09. The van der Waals surface area contributed by atoms with Crippen molar-refractivity contribution in [1.29, 1.82) is 5.41 Å². The standard InChI is InChI=1S/C11H17N3O/c1-4-5-8-15-10(12)11-13-6-7-14(11)9(2)3/h4,6-7,9,12H,1,5,8H2,2-3H3. The van der Waals surface area contributed by atoms with Crippen molar-refractivity contribution in [3.63, 3.8) is 0 Å². The van der Waals surface area contributed by atoms with Gasteiger partial charge in [0.2, 0.25) is 5.90 Å². The molecule has 1 rings (SSSR count). The van der Waals surface area contributed by atoms with Crippen LogP contribution in [0.2, 0.25) is 0 Å². The lowest BCUT2D eigenvalue weighted by Gasteiger charge is -2.12. The van der Waals surface area contributed by atoms with E-state index >= 15 is 0 Å².